The highest BCUT2D eigenvalue weighted by Gasteiger charge is 2.39. The number of methoxy groups -OCH3 is 1. The second-order valence-corrected chi connectivity index (χ2v) is 11.8. The Bertz CT molecular complexity index is 1510. The van der Waals surface area contributed by atoms with Crippen LogP contribution >= 0.6 is 11.6 Å². The first-order valence-corrected chi connectivity index (χ1v) is 14.2. The van der Waals surface area contributed by atoms with Crippen molar-refractivity contribution in [2.45, 2.75) is 56.6 Å². The van der Waals surface area contributed by atoms with Gasteiger partial charge in [0.25, 0.3) is 0 Å². The van der Waals surface area contributed by atoms with Gasteiger partial charge in [-0.25, -0.2) is 9.37 Å². The number of nitrogens with two attached hydrogens (primary N) is 1. The molecule has 2 aromatic heterocycles. The number of pyridine rings is 1. The Morgan fingerprint density at radius 1 is 1.12 bits per heavy atom. The molecule has 3 saturated heterocycles. The van der Waals surface area contributed by atoms with Gasteiger partial charge in [-0.15, -0.1) is 0 Å². The first kappa shape index (κ1) is 29.1. The zero-order chi connectivity index (χ0) is 29.9. The summed E-state index contributed by atoms with van der Waals surface area (Å²) in [6.45, 7) is 3.46. The van der Waals surface area contributed by atoms with Crippen LogP contribution in [0.1, 0.15) is 30.4 Å². The third-order valence-electron chi connectivity index (χ3n) is 8.50. The van der Waals surface area contributed by atoms with Crippen molar-refractivity contribution in [3.05, 3.63) is 34.1 Å². The number of ether oxygens (including phenoxy) is 2. The molecule has 0 amide bonds. The summed E-state index contributed by atoms with van der Waals surface area (Å²) in [5.74, 6) is -0.822. The van der Waals surface area contributed by atoms with Gasteiger partial charge in [-0.2, -0.15) is 23.1 Å². The molecule has 0 radical (unpaired) electrons. The third kappa shape index (κ3) is 5.31. The van der Waals surface area contributed by atoms with Gasteiger partial charge >= 0.3 is 12.2 Å². The fraction of sp³-hybridized carbons (Fsp3) is 0.536. The number of alkyl halides is 3. The van der Waals surface area contributed by atoms with Crippen molar-refractivity contribution in [1.82, 2.24) is 25.2 Å². The maximum absolute atomic E-state index is 16.5. The minimum Gasteiger partial charge on any atom is -0.462 e. The van der Waals surface area contributed by atoms with Gasteiger partial charge in [-0.05, 0) is 50.9 Å². The van der Waals surface area contributed by atoms with Crippen LogP contribution in [0.25, 0.3) is 22.2 Å². The Morgan fingerprint density at radius 2 is 1.83 bits per heavy atom. The number of fused-ring (bicyclic) bond motifs is 3. The molecule has 4 atom stereocenters. The summed E-state index contributed by atoms with van der Waals surface area (Å²) in [7, 11) is 3.62. The molecule has 0 aliphatic carbocycles. The summed E-state index contributed by atoms with van der Waals surface area (Å²) in [6, 6.07) is 2.93. The summed E-state index contributed by atoms with van der Waals surface area (Å²) in [5.41, 5.74) is 3.09. The maximum Gasteiger partial charge on any atom is 0.418 e. The van der Waals surface area contributed by atoms with E-state index in [1.54, 1.807) is 7.11 Å². The van der Waals surface area contributed by atoms with Crippen LogP contribution < -0.4 is 20.7 Å². The fourth-order valence-electron chi connectivity index (χ4n) is 6.45. The van der Waals surface area contributed by atoms with E-state index in [4.69, 9.17) is 31.8 Å². The standard InChI is InChI=1S/C28H32ClF4N7O2/c1-13-6-20(34)36-25(22(13)28(31,32)33)21-19(29)8-18-24(23(21)30)37-27(42-12-16-7-17(41-3)11-39(16)2)38-26(18)40-9-14-4-5-15(10-40)35-14/h6,8,14-17,35H,4-5,7,9-12H2,1-3H3,(H2,34,36)/t14?,15?,16-,17+/m0/s1. The van der Waals surface area contributed by atoms with Gasteiger partial charge in [0.05, 0.1) is 27.9 Å². The Hall–Kier alpha value is -3.00. The average molecular weight is 610 g/mol. The lowest BCUT2D eigenvalue weighted by Gasteiger charge is -2.34. The van der Waals surface area contributed by atoms with E-state index in [0.29, 0.717) is 18.9 Å². The Balaban J connectivity index is 1.49. The van der Waals surface area contributed by atoms with Crippen LogP contribution in [0.15, 0.2) is 12.1 Å². The van der Waals surface area contributed by atoms with Gasteiger partial charge in [0.15, 0.2) is 5.82 Å². The number of rotatable bonds is 6. The number of aromatic nitrogens is 3. The Labute approximate surface area is 245 Å². The van der Waals surface area contributed by atoms with Crippen LogP contribution in [0.4, 0.5) is 29.2 Å². The van der Waals surface area contributed by atoms with E-state index in [1.807, 2.05) is 11.9 Å². The average Bonchev–Trinajstić information content (AvgIpc) is 3.45. The summed E-state index contributed by atoms with van der Waals surface area (Å²) in [6.07, 6.45) is -2.02. The second-order valence-electron chi connectivity index (χ2n) is 11.4. The van der Waals surface area contributed by atoms with E-state index in [1.165, 1.54) is 13.0 Å². The van der Waals surface area contributed by atoms with E-state index in [-0.39, 0.29) is 64.2 Å². The maximum atomic E-state index is 16.5. The number of anilines is 2. The van der Waals surface area contributed by atoms with Crippen molar-refractivity contribution >= 4 is 34.1 Å². The van der Waals surface area contributed by atoms with Gasteiger partial charge < -0.3 is 25.4 Å². The van der Waals surface area contributed by atoms with Gasteiger partial charge in [0.2, 0.25) is 0 Å². The lowest BCUT2D eigenvalue weighted by atomic mass is 9.99. The molecule has 2 unspecified atom stereocenters. The van der Waals surface area contributed by atoms with E-state index in [0.717, 1.165) is 31.9 Å². The van der Waals surface area contributed by atoms with Crippen LogP contribution in [-0.4, -0.2) is 84.5 Å². The lowest BCUT2D eigenvalue weighted by molar-refractivity contribution is -0.137. The van der Waals surface area contributed by atoms with Crippen molar-refractivity contribution in [1.29, 1.82) is 0 Å². The minimum absolute atomic E-state index is 0.0205. The molecule has 42 heavy (non-hydrogen) atoms. The Morgan fingerprint density at radius 3 is 2.48 bits per heavy atom. The van der Waals surface area contributed by atoms with E-state index < -0.39 is 28.8 Å². The van der Waals surface area contributed by atoms with E-state index in [9.17, 15) is 13.2 Å². The molecule has 9 nitrogen and oxygen atoms in total. The molecular weight excluding hydrogens is 578 g/mol. The zero-order valence-corrected chi connectivity index (χ0v) is 24.2. The van der Waals surface area contributed by atoms with Crippen LogP contribution in [-0.2, 0) is 10.9 Å². The molecule has 5 heterocycles. The number of likely N-dealkylation sites (tertiary alicyclic amines) is 1. The number of nitrogens with one attached hydrogen (secondary N) is 1. The summed E-state index contributed by atoms with van der Waals surface area (Å²) in [4.78, 5) is 17.1. The third-order valence-corrected chi connectivity index (χ3v) is 8.80. The van der Waals surface area contributed by atoms with E-state index >= 15 is 4.39 Å². The molecule has 226 valence electrons. The highest BCUT2D eigenvalue weighted by atomic mass is 35.5. The molecule has 0 saturated carbocycles. The Kier molecular flexibility index (Phi) is 7.57. The predicted molar refractivity (Wildman–Crippen MR) is 151 cm³/mol. The summed E-state index contributed by atoms with van der Waals surface area (Å²) in [5, 5.41) is 3.58. The van der Waals surface area contributed by atoms with Crippen LogP contribution in [0.5, 0.6) is 6.01 Å². The van der Waals surface area contributed by atoms with Crippen LogP contribution in [0.3, 0.4) is 0 Å². The van der Waals surface area contributed by atoms with Gasteiger partial charge in [-0.3, -0.25) is 4.90 Å². The van der Waals surface area contributed by atoms with Crippen molar-refractivity contribution in [2.24, 2.45) is 0 Å². The molecule has 3 fully saturated rings. The number of piperazine rings is 1. The quantitative estimate of drug-likeness (QED) is 0.393. The highest BCUT2D eigenvalue weighted by molar-refractivity contribution is 6.34. The number of nitrogen functional groups attached to an aromatic ring is 1. The largest absolute Gasteiger partial charge is 0.462 e. The second kappa shape index (κ2) is 10.9. The number of benzene rings is 1. The van der Waals surface area contributed by atoms with Crippen molar-refractivity contribution in [3.63, 3.8) is 0 Å². The van der Waals surface area contributed by atoms with Crippen LogP contribution in [0.2, 0.25) is 5.02 Å². The molecule has 14 heteroatoms. The molecule has 3 aliphatic rings. The van der Waals surface area contributed by atoms with Crippen molar-refractivity contribution in [3.8, 4) is 17.3 Å². The molecular formula is C28H32ClF4N7O2. The molecule has 6 rings (SSSR count). The van der Waals surface area contributed by atoms with Crippen molar-refractivity contribution in [2.75, 3.05) is 51.0 Å². The van der Waals surface area contributed by atoms with Crippen molar-refractivity contribution < 1.29 is 27.0 Å². The number of hydrogen-bond acceptors (Lipinski definition) is 9. The molecule has 3 N–H and O–H groups in total. The van der Waals surface area contributed by atoms with Crippen LogP contribution in [0, 0.1) is 12.7 Å². The lowest BCUT2D eigenvalue weighted by Crippen LogP contribution is -2.51. The SMILES string of the molecule is CO[C@@H]1C[C@@H](COc2nc(N3CC4CCC(C3)N4)c3cc(Cl)c(-c4nc(N)cc(C)c4C(F)(F)F)c(F)c3n2)N(C)C1. The highest BCUT2D eigenvalue weighted by Crippen LogP contribution is 2.45. The first-order chi connectivity index (χ1) is 19.9. The van der Waals surface area contributed by atoms with Gasteiger partial charge in [0.1, 0.15) is 23.8 Å². The number of hydrogen-bond donors (Lipinski definition) is 2. The topological polar surface area (TPSA) is 102 Å². The smallest absolute Gasteiger partial charge is 0.418 e. The van der Waals surface area contributed by atoms with Gasteiger partial charge in [-0.1, -0.05) is 11.6 Å². The molecule has 3 aromatic rings. The number of halogens is 5. The molecule has 2 bridgehead atoms. The zero-order valence-electron chi connectivity index (χ0n) is 23.4. The summed E-state index contributed by atoms with van der Waals surface area (Å²) >= 11 is 6.56. The number of aryl methyl sites for hydroxylation is 1. The monoisotopic (exact) mass is 609 g/mol. The van der Waals surface area contributed by atoms with Gasteiger partial charge in [0, 0.05) is 50.3 Å². The number of likely N-dealkylation sites (N-methyl/N-ethyl adjacent to an activating group) is 1. The minimum atomic E-state index is -4.83. The predicted octanol–water partition coefficient (Wildman–Crippen LogP) is 4.43. The molecule has 0 spiro atoms. The summed E-state index contributed by atoms with van der Waals surface area (Å²) < 4.78 is 70.5. The molecule has 3 aliphatic heterocycles. The normalized spacial score (nSPS) is 24.6. The fourth-order valence-corrected chi connectivity index (χ4v) is 6.74. The molecule has 1 aromatic carbocycles. The first-order valence-electron chi connectivity index (χ1n) is 13.8. The number of nitrogens with zero attached hydrogens (tertiary/aromatic N) is 5. The van der Waals surface area contributed by atoms with E-state index in [2.05, 4.69) is 20.2 Å².